The van der Waals surface area contributed by atoms with E-state index in [9.17, 15) is 5.11 Å². The lowest BCUT2D eigenvalue weighted by Crippen LogP contribution is -2.02. The molecule has 78 valence electrons. The summed E-state index contributed by atoms with van der Waals surface area (Å²) < 4.78 is 5.16. The molecule has 0 aliphatic heterocycles. The van der Waals surface area contributed by atoms with Gasteiger partial charge in [0.15, 0.2) is 0 Å². The van der Waals surface area contributed by atoms with Crippen molar-refractivity contribution in [2.75, 3.05) is 13.2 Å². The Hall–Kier alpha value is -0.770. The first-order valence-corrected chi connectivity index (χ1v) is 4.74. The molecule has 0 saturated carbocycles. The average Bonchev–Trinajstić information content (AvgIpc) is 2.15. The smallest absolute Gasteiger partial charge is 0.138 e. The van der Waals surface area contributed by atoms with Gasteiger partial charge in [-0.05, 0) is 24.6 Å². The lowest BCUT2D eigenvalue weighted by molar-refractivity contribution is 0.196. The van der Waals surface area contributed by atoms with Crippen molar-refractivity contribution >= 4 is 11.6 Å². The fourth-order valence-corrected chi connectivity index (χ4v) is 1.29. The molecule has 1 rings (SSSR count). The molecule has 0 fully saturated rings. The van der Waals surface area contributed by atoms with Crippen LogP contribution in [-0.2, 0) is 0 Å². The van der Waals surface area contributed by atoms with Gasteiger partial charge in [0, 0.05) is 0 Å². The highest BCUT2D eigenvalue weighted by molar-refractivity contribution is 6.32. The van der Waals surface area contributed by atoms with Crippen LogP contribution in [0.4, 0.5) is 0 Å². The molecule has 14 heavy (non-hydrogen) atoms. The second-order valence-corrected chi connectivity index (χ2v) is 3.35. The van der Waals surface area contributed by atoms with E-state index in [2.05, 4.69) is 0 Å². The van der Waals surface area contributed by atoms with Gasteiger partial charge in [0.05, 0.1) is 17.7 Å². The van der Waals surface area contributed by atoms with Crippen molar-refractivity contribution in [3.63, 3.8) is 0 Å². The van der Waals surface area contributed by atoms with Gasteiger partial charge in [-0.15, -0.1) is 0 Å². The second kappa shape index (κ2) is 5.20. The minimum Gasteiger partial charge on any atom is -0.490 e. The Balaban J connectivity index is 2.79. The summed E-state index contributed by atoms with van der Waals surface area (Å²) in [6.45, 7) is 1.84. The number of aliphatic hydroxyl groups excluding tert-OH is 2. The van der Waals surface area contributed by atoms with E-state index in [0.29, 0.717) is 10.8 Å². The molecule has 0 aromatic heterocycles. The lowest BCUT2D eigenvalue weighted by atomic mass is 10.1. The van der Waals surface area contributed by atoms with E-state index in [0.717, 1.165) is 5.56 Å². The minimum atomic E-state index is -0.542. The molecule has 4 heteroatoms. The Bertz CT molecular complexity index is 299. The van der Waals surface area contributed by atoms with Crippen molar-refractivity contribution in [1.82, 2.24) is 0 Å². The van der Waals surface area contributed by atoms with E-state index in [1.807, 2.05) is 0 Å². The molecule has 0 unspecified atom stereocenters. The SMILES string of the molecule is C[C@H](O)c1ccc(OCCO)c(Cl)c1. The van der Waals surface area contributed by atoms with Gasteiger partial charge in [-0.3, -0.25) is 0 Å². The summed E-state index contributed by atoms with van der Waals surface area (Å²) in [4.78, 5) is 0. The summed E-state index contributed by atoms with van der Waals surface area (Å²) in [5.74, 6) is 0.519. The molecular weight excluding hydrogens is 204 g/mol. The summed E-state index contributed by atoms with van der Waals surface area (Å²) in [5.41, 5.74) is 0.742. The monoisotopic (exact) mass is 216 g/mol. The predicted octanol–water partition coefficient (Wildman–Crippen LogP) is 1.76. The van der Waals surface area contributed by atoms with Gasteiger partial charge in [0.1, 0.15) is 12.4 Å². The molecule has 0 amide bonds. The van der Waals surface area contributed by atoms with E-state index in [4.69, 9.17) is 21.4 Å². The predicted molar refractivity (Wildman–Crippen MR) is 54.7 cm³/mol. The molecule has 3 nitrogen and oxygen atoms in total. The van der Waals surface area contributed by atoms with Crippen LogP contribution in [0.1, 0.15) is 18.6 Å². The quantitative estimate of drug-likeness (QED) is 0.807. The fraction of sp³-hybridized carbons (Fsp3) is 0.400. The van der Waals surface area contributed by atoms with Gasteiger partial charge in [0.25, 0.3) is 0 Å². The van der Waals surface area contributed by atoms with Crippen LogP contribution in [0, 0.1) is 0 Å². The molecule has 0 aliphatic rings. The third-order valence-corrected chi connectivity index (χ3v) is 2.08. The van der Waals surface area contributed by atoms with Crippen LogP contribution in [0.3, 0.4) is 0 Å². The van der Waals surface area contributed by atoms with E-state index in [1.54, 1.807) is 25.1 Å². The summed E-state index contributed by atoms with van der Waals surface area (Å²) in [6.07, 6.45) is -0.542. The number of hydrogen-bond acceptors (Lipinski definition) is 3. The van der Waals surface area contributed by atoms with Gasteiger partial charge in [-0.25, -0.2) is 0 Å². The largest absolute Gasteiger partial charge is 0.490 e. The molecule has 0 spiro atoms. The van der Waals surface area contributed by atoms with Gasteiger partial charge in [0.2, 0.25) is 0 Å². The molecule has 0 radical (unpaired) electrons. The molecule has 0 saturated heterocycles. The summed E-state index contributed by atoms with van der Waals surface area (Å²) in [7, 11) is 0. The topological polar surface area (TPSA) is 49.7 Å². The van der Waals surface area contributed by atoms with Gasteiger partial charge in [-0.1, -0.05) is 17.7 Å². The highest BCUT2D eigenvalue weighted by Gasteiger charge is 2.05. The highest BCUT2D eigenvalue weighted by Crippen LogP contribution is 2.27. The average molecular weight is 217 g/mol. The number of rotatable bonds is 4. The molecule has 1 atom stereocenters. The molecular formula is C10H13ClO3. The van der Waals surface area contributed by atoms with E-state index < -0.39 is 6.10 Å². The van der Waals surface area contributed by atoms with Gasteiger partial charge >= 0.3 is 0 Å². The second-order valence-electron chi connectivity index (χ2n) is 2.94. The maximum atomic E-state index is 9.28. The fourth-order valence-electron chi connectivity index (χ4n) is 1.05. The van der Waals surface area contributed by atoms with Crippen molar-refractivity contribution in [2.24, 2.45) is 0 Å². The van der Waals surface area contributed by atoms with Crippen LogP contribution >= 0.6 is 11.6 Å². The number of hydrogen-bond donors (Lipinski definition) is 2. The Morgan fingerprint density at radius 1 is 1.50 bits per heavy atom. The zero-order chi connectivity index (χ0) is 10.6. The first kappa shape index (κ1) is 11.3. The molecule has 0 bridgehead atoms. The zero-order valence-corrected chi connectivity index (χ0v) is 8.66. The van der Waals surface area contributed by atoms with Gasteiger partial charge < -0.3 is 14.9 Å². The van der Waals surface area contributed by atoms with Crippen LogP contribution in [-0.4, -0.2) is 23.4 Å². The van der Waals surface area contributed by atoms with Crippen molar-refractivity contribution in [2.45, 2.75) is 13.0 Å². The van der Waals surface area contributed by atoms with Crippen LogP contribution < -0.4 is 4.74 Å². The first-order chi connectivity index (χ1) is 6.65. The van der Waals surface area contributed by atoms with E-state index in [-0.39, 0.29) is 13.2 Å². The number of ether oxygens (including phenoxy) is 1. The Labute approximate surface area is 87.9 Å². The Morgan fingerprint density at radius 2 is 2.21 bits per heavy atom. The third kappa shape index (κ3) is 2.87. The van der Waals surface area contributed by atoms with Crippen LogP contribution in [0.5, 0.6) is 5.75 Å². The van der Waals surface area contributed by atoms with Crippen molar-refractivity contribution in [3.8, 4) is 5.75 Å². The van der Waals surface area contributed by atoms with Crippen molar-refractivity contribution in [3.05, 3.63) is 28.8 Å². The zero-order valence-electron chi connectivity index (χ0n) is 7.90. The minimum absolute atomic E-state index is 0.0471. The maximum absolute atomic E-state index is 9.28. The number of benzene rings is 1. The first-order valence-electron chi connectivity index (χ1n) is 4.36. The van der Waals surface area contributed by atoms with Crippen LogP contribution in [0.25, 0.3) is 0 Å². The van der Waals surface area contributed by atoms with E-state index in [1.165, 1.54) is 0 Å². The summed E-state index contributed by atoms with van der Waals surface area (Å²) >= 11 is 5.89. The normalized spacial score (nSPS) is 12.6. The number of aliphatic hydroxyl groups is 2. The van der Waals surface area contributed by atoms with Crippen molar-refractivity contribution < 1.29 is 14.9 Å². The van der Waals surface area contributed by atoms with Crippen LogP contribution in [0.15, 0.2) is 18.2 Å². The molecule has 0 heterocycles. The standard InChI is InChI=1S/C10H13ClO3/c1-7(13)8-2-3-10(9(11)6-8)14-5-4-12/h2-3,6-7,12-13H,4-5H2,1H3/t7-/m0/s1. The lowest BCUT2D eigenvalue weighted by Gasteiger charge is -2.09. The number of halogens is 1. The molecule has 0 aliphatic carbocycles. The summed E-state index contributed by atoms with van der Waals surface area (Å²) in [5, 5.41) is 18.3. The maximum Gasteiger partial charge on any atom is 0.138 e. The Morgan fingerprint density at radius 3 is 2.71 bits per heavy atom. The third-order valence-electron chi connectivity index (χ3n) is 1.79. The van der Waals surface area contributed by atoms with E-state index >= 15 is 0 Å². The van der Waals surface area contributed by atoms with Gasteiger partial charge in [-0.2, -0.15) is 0 Å². The Kier molecular flexibility index (Phi) is 4.20. The van der Waals surface area contributed by atoms with Crippen LogP contribution in [0.2, 0.25) is 5.02 Å². The molecule has 2 N–H and O–H groups in total. The highest BCUT2D eigenvalue weighted by atomic mass is 35.5. The molecule has 1 aromatic carbocycles. The summed E-state index contributed by atoms with van der Waals surface area (Å²) in [6, 6.07) is 5.07. The van der Waals surface area contributed by atoms with Crippen molar-refractivity contribution in [1.29, 1.82) is 0 Å². The molecule has 1 aromatic rings.